The van der Waals surface area contributed by atoms with Gasteiger partial charge in [0.25, 0.3) is 5.91 Å². The Labute approximate surface area is 193 Å². The Bertz CT molecular complexity index is 1110. The van der Waals surface area contributed by atoms with Gasteiger partial charge in [-0.25, -0.2) is 4.98 Å². The van der Waals surface area contributed by atoms with Crippen molar-refractivity contribution in [2.45, 2.75) is 18.9 Å². The number of amides is 1. The van der Waals surface area contributed by atoms with Gasteiger partial charge in [-0.05, 0) is 80.5 Å². The number of nitrogens with zero attached hydrogens (tertiary/aromatic N) is 4. The highest BCUT2D eigenvalue weighted by Crippen LogP contribution is 2.36. The van der Waals surface area contributed by atoms with Crippen LogP contribution in [0.3, 0.4) is 0 Å². The number of methoxy groups -OCH3 is 1. The van der Waals surface area contributed by atoms with Crippen molar-refractivity contribution in [1.82, 2.24) is 9.88 Å². The molecule has 3 aromatic rings. The summed E-state index contributed by atoms with van der Waals surface area (Å²) in [4.78, 5) is 26.4. The second kappa shape index (κ2) is 8.56. The van der Waals surface area contributed by atoms with Crippen LogP contribution in [-0.4, -0.2) is 62.7 Å². The van der Waals surface area contributed by atoms with Gasteiger partial charge in [0, 0.05) is 30.6 Å². The van der Waals surface area contributed by atoms with Crippen molar-refractivity contribution in [2.75, 3.05) is 50.6 Å². The van der Waals surface area contributed by atoms with E-state index in [1.807, 2.05) is 47.5 Å². The van der Waals surface area contributed by atoms with Gasteiger partial charge in [-0.1, -0.05) is 0 Å². The number of carbonyl (C=O) groups excluding carboxylic acids is 1. The molecule has 0 saturated carbocycles. The zero-order valence-corrected chi connectivity index (χ0v) is 19.6. The Morgan fingerprint density at radius 2 is 1.94 bits per heavy atom. The van der Waals surface area contributed by atoms with Gasteiger partial charge in [-0.15, -0.1) is 11.3 Å². The maximum Gasteiger partial charge on any atom is 0.268 e. The average Bonchev–Trinajstić information content (AvgIpc) is 3.48. The molecule has 1 aromatic carbocycles. The summed E-state index contributed by atoms with van der Waals surface area (Å²) >= 11 is 1.57. The first kappa shape index (κ1) is 21.0. The second-order valence-corrected chi connectivity index (χ2v) is 9.68. The van der Waals surface area contributed by atoms with Crippen LogP contribution < -0.4 is 14.5 Å². The average molecular weight is 449 g/mol. The molecule has 7 heteroatoms. The fourth-order valence-corrected chi connectivity index (χ4v) is 5.66. The van der Waals surface area contributed by atoms with Crippen molar-refractivity contribution in [1.29, 1.82) is 0 Å². The number of likely N-dealkylation sites (N-methyl/N-ethyl adjacent to an activating group) is 1. The first-order valence-electron chi connectivity index (χ1n) is 11.0. The molecule has 0 aliphatic carbocycles. The Balaban J connectivity index is 1.33. The number of ether oxygens (including phenoxy) is 1. The minimum atomic E-state index is 0.0689. The molecular weight excluding hydrogens is 420 g/mol. The van der Waals surface area contributed by atoms with Crippen LogP contribution in [0.25, 0.3) is 10.4 Å². The van der Waals surface area contributed by atoms with Gasteiger partial charge in [0.15, 0.2) is 0 Å². The van der Waals surface area contributed by atoms with Crippen molar-refractivity contribution in [3.63, 3.8) is 0 Å². The lowest BCUT2D eigenvalue weighted by Gasteiger charge is -2.27. The normalized spacial score (nSPS) is 18.4. The molecule has 2 aliphatic heterocycles. The number of fused-ring (bicyclic) bond motifs is 1. The quantitative estimate of drug-likeness (QED) is 0.587. The highest BCUT2D eigenvalue weighted by molar-refractivity contribution is 7.17. The van der Waals surface area contributed by atoms with E-state index in [1.54, 1.807) is 18.4 Å². The topological polar surface area (TPSA) is 48.9 Å². The van der Waals surface area contributed by atoms with Gasteiger partial charge >= 0.3 is 0 Å². The smallest absolute Gasteiger partial charge is 0.268 e. The molecule has 0 bridgehead atoms. The molecule has 1 atom stereocenters. The molecule has 166 valence electrons. The van der Waals surface area contributed by atoms with Crippen LogP contribution in [0.1, 0.15) is 21.7 Å². The summed E-state index contributed by atoms with van der Waals surface area (Å²) < 4.78 is 5.25. The third-order valence-electron chi connectivity index (χ3n) is 6.49. The fourth-order valence-electron chi connectivity index (χ4n) is 4.49. The van der Waals surface area contributed by atoms with Crippen LogP contribution in [0, 0.1) is 0 Å². The summed E-state index contributed by atoms with van der Waals surface area (Å²) in [5.41, 5.74) is 3.11. The monoisotopic (exact) mass is 448 g/mol. The molecule has 0 radical (unpaired) electrons. The van der Waals surface area contributed by atoms with Gasteiger partial charge < -0.3 is 19.4 Å². The molecule has 4 heterocycles. The maximum atomic E-state index is 13.3. The highest BCUT2D eigenvalue weighted by atomic mass is 32.1. The summed E-state index contributed by atoms with van der Waals surface area (Å²) in [5.74, 6) is 1.89. The minimum absolute atomic E-state index is 0.0689. The molecular formula is C25H28N4O2S. The molecule has 1 amide bonds. The summed E-state index contributed by atoms with van der Waals surface area (Å²) in [6.07, 6.45) is 3.85. The number of carbonyl (C=O) groups is 1. The first-order chi connectivity index (χ1) is 15.5. The van der Waals surface area contributed by atoms with E-state index in [2.05, 4.69) is 30.0 Å². The van der Waals surface area contributed by atoms with Crippen LogP contribution in [-0.2, 0) is 6.42 Å². The van der Waals surface area contributed by atoms with E-state index in [9.17, 15) is 4.79 Å². The maximum absolute atomic E-state index is 13.3. The van der Waals surface area contributed by atoms with Crippen LogP contribution >= 0.6 is 11.3 Å². The lowest BCUT2D eigenvalue weighted by molar-refractivity contribution is 0.0985. The van der Waals surface area contributed by atoms with E-state index in [0.717, 1.165) is 64.1 Å². The molecule has 6 nitrogen and oxygen atoms in total. The molecule has 32 heavy (non-hydrogen) atoms. The van der Waals surface area contributed by atoms with Crippen molar-refractivity contribution in [3.8, 4) is 16.2 Å². The number of rotatable bonds is 5. The Hall–Kier alpha value is -2.90. The Kier molecular flexibility index (Phi) is 5.61. The van der Waals surface area contributed by atoms with Gasteiger partial charge in [-0.2, -0.15) is 0 Å². The van der Waals surface area contributed by atoms with E-state index >= 15 is 0 Å². The largest absolute Gasteiger partial charge is 0.497 e. The zero-order valence-electron chi connectivity index (χ0n) is 18.7. The summed E-state index contributed by atoms with van der Waals surface area (Å²) in [6, 6.07) is 14.8. The number of benzene rings is 1. The molecule has 2 aliphatic rings. The highest BCUT2D eigenvalue weighted by Gasteiger charge is 2.29. The van der Waals surface area contributed by atoms with Gasteiger partial charge in [0.05, 0.1) is 23.9 Å². The van der Waals surface area contributed by atoms with E-state index in [1.165, 1.54) is 0 Å². The molecule has 1 saturated heterocycles. The van der Waals surface area contributed by atoms with Gasteiger partial charge in [-0.3, -0.25) is 4.79 Å². The van der Waals surface area contributed by atoms with Crippen LogP contribution in [0.4, 0.5) is 11.5 Å². The predicted octanol–water partition coefficient (Wildman–Crippen LogP) is 4.16. The third kappa shape index (κ3) is 3.87. The molecule has 0 unspecified atom stereocenters. The van der Waals surface area contributed by atoms with Crippen molar-refractivity contribution in [3.05, 3.63) is 59.1 Å². The van der Waals surface area contributed by atoms with Gasteiger partial charge in [0.2, 0.25) is 0 Å². The van der Waals surface area contributed by atoms with Crippen molar-refractivity contribution < 1.29 is 9.53 Å². The van der Waals surface area contributed by atoms with Crippen LogP contribution in [0.5, 0.6) is 5.75 Å². The van der Waals surface area contributed by atoms with Gasteiger partial charge in [0.1, 0.15) is 11.6 Å². The fraction of sp³-hybridized carbons (Fsp3) is 0.360. The lowest BCUT2D eigenvalue weighted by atomic mass is 10.1. The summed E-state index contributed by atoms with van der Waals surface area (Å²) in [6.45, 7) is 2.69. The molecule has 5 rings (SSSR count). The number of pyridine rings is 1. The zero-order chi connectivity index (χ0) is 22.2. The SMILES string of the molecule is COc1ccc(-c2cc3c(s2)C(=O)N(c2ccc(N4CC[C@H](N(C)C)C4)nc2)CC3)cc1. The van der Waals surface area contributed by atoms with Crippen LogP contribution in [0.2, 0.25) is 0 Å². The molecule has 0 spiro atoms. The Morgan fingerprint density at radius 3 is 2.59 bits per heavy atom. The Morgan fingerprint density at radius 1 is 1.12 bits per heavy atom. The first-order valence-corrected chi connectivity index (χ1v) is 11.8. The predicted molar refractivity (Wildman–Crippen MR) is 130 cm³/mol. The van der Waals surface area contributed by atoms with Crippen molar-refractivity contribution in [2.24, 2.45) is 0 Å². The lowest BCUT2D eigenvalue weighted by Crippen LogP contribution is -2.36. The second-order valence-electron chi connectivity index (χ2n) is 8.63. The molecule has 0 N–H and O–H groups in total. The summed E-state index contributed by atoms with van der Waals surface area (Å²) in [5, 5.41) is 0. The third-order valence-corrected chi connectivity index (χ3v) is 7.70. The number of thiophene rings is 1. The van der Waals surface area contributed by atoms with E-state index in [0.29, 0.717) is 12.6 Å². The summed E-state index contributed by atoms with van der Waals surface area (Å²) in [7, 11) is 5.93. The van der Waals surface area contributed by atoms with E-state index in [-0.39, 0.29) is 5.91 Å². The standard InChI is InChI=1S/C25H28N4O2S/c1-27(2)20-11-12-28(16-20)23-9-6-19(15-26-23)29-13-10-18-14-22(32-24(18)25(29)30)17-4-7-21(31-3)8-5-17/h4-9,14-15,20H,10-13,16H2,1-3H3/t20-/m0/s1. The number of hydrogen-bond donors (Lipinski definition) is 0. The number of aromatic nitrogens is 1. The van der Waals surface area contributed by atoms with Crippen molar-refractivity contribution >= 4 is 28.7 Å². The van der Waals surface area contributed by atoms with Crippen LogP contribution in [0.15, 0.2) is 48.7 Å². The number of anilines is 2. The minimum Gasteiger partial charge on any atom is -0.497 e. The van der Waals surface area contributed by atoms with E-state index in [4.69, 9.17) is 9.72 Å². The molecule has 1 fully saturated rings. The molecule has 2 aromatic heterocycles. The number of hydrogen-bond acceptors (Lipinski definition) is 6. The van der Waals surface area contributed by atoms with E-state index < -0.39 is 0 Å².